The Labute approximate surface area is 131 Å². The van der Waals surface area contributed by atoms with Gasteiger partial charge in [0.25, 0.3) is 0 Å². The third kappa shape index (κ3) is 2.82. The van der Waals surface area contributed by atoms with Crippen molar-refractivity contribution in [2.75, 3.05) is 5.32 Å². The summed E-state index contributed by atoms with van der Waals surface area (Å²) in [5.74, 6) is 0.878. The van der Waals surface area contributed by atoms with Gasteiger partial charge in [-0.05, 0) is 23.2 Å². The number of anilines is 1. The highest BCUT2D eigenvalue weighted by molar-refractivity contribution is 6.36. The molecule has 0 aromatic carbocycles. The van der Waals surface area contributed by atoms with Crippen molar-refractivity contribution in [1.82, 2.24) is 19.6 Å². The molecule has 1 N–H and O–H groups in total. The Morgan fingerprint density at radius 1 is 1.23 bits per heavy atom. The Morgan fingerprint density at radius 3 is 2.64 bits per heavy atom. The predicted octanol–water partition coefficient (Wildman–Crippen LogP) is 1.83. The number of fused-ring (bicyclic) bond motifs is 1. The van der Waals surface area contributed by atoms with Crippen LogP contribution in [0.25, 0.3) is 5.65 Å². The standard InChI is InChI=1S/C16H18BN5/c1-16(2,3)13-8-14(19-9-11-4-6-18-7-5-11)22-15(21-13)12(17)10-20-22/h4-8,10,19H,9H2,1-3H3. The second kappa shape index (κ2) is 5.44. The zero-order valence-corrected chi connectivity index (χ0v) is 13.0. The molecule has 5 nitrogen and oxygen atoms in total. The minimum Gasteiger partial charge on any atom is -0.366 e. The van der Waals surface area contributed by atoms with Gasteiger partial charge in [-0.15, -0.1) is 0 Å². The van der Waals surface area contributed by atoms with Crippen LogP contribution in [0.3, 0.4) is 0 Å². The van der Waals surface area contributed by atoms with E-state index in [1.165, 1.54) is 0 Å². The van der Waals surface area contributed by atoms with Gasteiger partial charge < -0.3 is 5.32 Å². The lowest BCUT2D eigenvalue weighted by molar-refractivity contribution is 0.568. The molecule has 22 heavy (non-hydrogen) atoms. The molecule has 3 rings (SSSR count). The first-order valence-electron chi connectivity index (χ1n) is 7.22. The van der Waals surface area contributed by atoms with Crippen molar-refractivity contribution in [3.8, 4) is 0 Å². The van der Waals surface area contributed by atoms with Gasteiger partial charge in [-0.25, -0.2) is 4.98 Å². The van der Waals surface area contributed by atoms with Crippen LogP contribution in [-0.4, -0.2) is 27.4 Å². The number of pyridine rings is 1. The number of hydrogen-bond acceptors (Lipinski definition) is 4. The second-order valence-corrected chi connectivity index (χ2v) is 6.32. The number of aromatic nitrogens is 4. The highest BCUT2D eigenvalue weighted by atomic mass is 15.3. The third-order valence-corrected chi connectivity index (χ3v) is 3.49. The van der Waals surface area contributed by atoms with Crippen LogP contribution in [0.15, 0.2) is 36.8 Å². The molecular formula is C16H18BN5. The SMILES string of the molecule is [B]c1cnn2c(NCc3ccncc3)cc(C(C)(C)C)nc12. The van der Waals surface area contributed by atoms with Crippen LogP contribution in [0.2, 0.25) is 0 Å². The van der Waals surface area contributed by atoms with Crippen molar-refractivity contribution < 1.29 is 0 Å². The Hall–Kier alpha value is -2.37. The zero-order valence-electron chi connectivity index (χ0n) is 13.0. The largest absolute Gasteiger partial charge is 0.366 e. The van der Waals surface area contributed by atoms with Crippen LogP contribution in [0.5, 0.6) is 0 Å². The van der Waals surface area contributed by atoms with Crippen LogP contribution in [0.1, 0.15) is 32.0 Å². The predicted molar refractivity (Wildman–Crippen MR) is 88.6 cm³/mol. The summed E-state index contributed by atoms with van der Waals surface area (Å²) in [6, 6.07) is 5.99. The summed E-state index contributed by atoms with van der Waals surface area (Å²) in [4.78, 5) is 8.68. The molecule has 0 spiro atoms. The average molecular weight is 291 g/mol. The molecule has 3 aromatic rings. The Balaban J connectivity index is 2.00. The van der Waals surface area contributed by atoms with Gasteiger partial charge in [0.1, 0.15) is 13.7 Å². The van der Waals surface area contributed by atoms with Gasteiger partial charge in [-0.2, -0.15) is 9.61 Å². The minimum atomic E-state index is -0.0639. The van der Waals surface area contributed by atoms with E-state index in [0.717, 1.165) is 17.1 Å². The molecule has 0 aliphatic heterocycles. The summed E-state index contributed by atoms with van der Waals surface area (Å²) in [6.07, 6.45) is 5.20. The molecule has 3 aromatic heterocycles. The topological polar surface area (TPSA) is 55.1 Å². The molecule has 0 fully saturated rings. The summed E-state index contributed by atoms with van der Waals surface area (Å²) in [7, 11) is 5.98. The maximum atomic E-state index is 5.98. The molecule has 0 unspecified atom stereocenters. The van der Waals surface area contributed by atoms with Crippen LogP contribution < -0.4 is 10.8 Å². The van der Waals surface area contributed by atoms with Gasteiger partial charge in [0, 0.05) is 36.6 Å². The van der Waals surface area contributed by atoms with Crippen molar-refractivity contribution in [1.29, 1.82) is 0 Å². The van der Waals surface area contributed by atoms with E-state index in [2.05, 4.69) is 41.2 Å². The van der Waals surface area contributed by atoms with E-state index >= 15 is 0 Å². The molecule has 3 heterocycles. The zero-order chi connectivity index (χ0) is 15.7. The normalized spacial score (nSPS) is 11.8. The molecule has 0 bridgehead atoms. The van der Waals surface area contributed by atoms with Crippen molar-refractivity contribution in [2.45, 2.75) is 32.7 Å². The Kier molecular flexibility index (Phi) is 3.60. The van der Waals surface area contributed by atoms with E-state index in [1.807, 2.05) is 18.2 Å². The van der Waals surface area contributed by atoms with Gasteiger partial charge in [-0.3, -0.25) is 4.98 Å². The third-order valence-electron chi connectivity index (χ3n) is 3.49. The van der Waals surface area contributed by atoms with Gasteiger partial charge in [0.2, 0.25) is 0 Å². The first-order chi connectivity index (χ1) is 10.4. The maximum absolute atomic E-state index is 5.98. The number of nitrogens with zero attached hydrogens (tertiary/aromatic N) is 4. The summed E-state index contributed by atoms with van der Waals surface area (Å²) in [6.45, 7) is 7.08. The van der Waals surface area contributed by atoms with Crippen molar-refractivity contribution in [3.63, 3.8) is 0 Å². The van der Waals surface area contributed by atoms with E-state index in [4.69, 9.17) is 7.85 Å². The van der Waals surface area contributed by atoms with Crippen molar-refractivity contribution >= 4 is 24.8 Å². The Bertz CT molecular complexity index is 789. The smallest absolute Gasteiger partial charge is 0.150 e. The number of rotatable bonds is 3. The van der Waals surface area contributed by atoms with E-state index < -0.39 is 0 Å². The Morgan fingerprint density at radius 2 is 1.95 bits per heavy atom. The molecule has 6 heteroatoms. The van der Waals surface area contributed by atoms with E-state index in [1.54, 1.807) is 23.1 Å². The molecule has 0 amide bonds. The first kappa shape index (κ1) is 14.6. The molecule has 0 aliphatic carbocycles. The number of hydrogen-bond donors (Lipinski definition) is 1. The van der Waals surface area contributed by atoms with Crippen molar-refractivity contribution in [3.05, 3.63) is 48.0 Å². The average Bonchev–Trinajstić information content (AvgIpc) is 2.87. The molecule has 0 saturated carbocycles. The van der Waals surface area contributed by atoms with Gasteiger partial charge >= 0.3 is 0 Å². The highest BCUT2D eigenvalue weighted by Crippen LogP contribution is 2.23. The van der Waals surface area contributed by atoms with Gasteiger partial charge in [-0.1, -0.05) is 20.8 Å². The maximum Gasteiger partial charge on any atom is 0.150 e. The van der Waals surface area contributed by atoms with Crippen LogP contribution in [0.4, 0.5) is 5.82 Å². The van der Waals surface area contributed by atoms with E-state index in [9.17, 15) is 0 Å². The van der Waals surface area contributed by atoms with Crippen LogP contribution >= 0.6 is 0 Å². The molecule has 0 saturated heterocycles. The summed E-state index contributed by atoms with van der Waals surface area (Å²) in [5.41, 5.74) is 3.33. The monoisotopic (exact) mass is 291 g/mol. The molecule has 0 atom stereocenters. The second-order valence-electron chi connectivity index (χ2n) is 6.32. The number of nitrogens with one attached hydrogen (secondary N) is 1. The minimum absolute atomic E-state index is 0.0639. The van der Waals surface area contributed by atoms with Gasteiger partial charge in [0.05, 0.1) is 5.69 Å². The highest BCUT2D eigenvalue weighted by Gasteiger charge is 2.19. The fraction of sp³-hybridized carbons (Fsp3) is 0.312. The molecule has 0 aliphatic rings. The summed E-state index contributed by atoms with van der Waals surface area (Å²) >= 11 is 0. The quantitative estimate of drug-likeness (QED) is 0.748. The van der Waals surface area contributed by atoms with Gasteiger partial charge in [0.15, 0.2) is 5.65 Å². The lowest BCUT2D eigenvalue weighted by Gasteiger charge is -2.20. The fourth-order valence-corrected chi connectivity index (χ4v) is 2.18. The fourth-order valence-electron chi connectivity index (χ4n) is 2.18. The molecule has 2 radical (unpaired) electrons. The first-order valence-corrected chi connectivity index (χ1v) is 7.22. The van der Waals surface area contributed by atoms with E-state index in [-0.39, 0.29) is 5.41 Å². The molecule has 110 valence electrons. The summed E-state index contributed by atoms with van der Waals surface area (Å²) in [5, 5.41) is 7.71. The summed E-state index contributed by atoms with van der Waals surface area (Å²) < 4.78 is 1.74. The molecular weight excluding hydrogens is 273 g/mol. The lowest BCUT2D eigenvalue weighted by Crippen LogP contribution is -2.18. The van der Waals surface area contributed by atoms with E-state index in [0.29, 0.717) is 17.7 Å². The lowest BCUT2D eigenvalue weighted by atomic mass is 9.91. The van der Waals surface area contributed by atoms with Crippen LogP contribution in [0, 0.1) is 0 Å². The van der Waals surface area contributed by atoms with Crippen molar-refractivity contribution in [2.24, 2.45) is 0 Å². The van der Waals surface area contributed by atoms with Crippen LogP contribution in [-0.2, 0) is 12.0 Å².